The maximum absolute atomic E-state index is 12.5. The highest BCUT2D eigenvalue weighted by molar-refractivity contribution is 5.89. The molecule has 1 atom stereocenters. The number of nitro benzene ring substituents is 1. The van der Waals surface area contributed by atoms with Crippen LogP contribution in [0, 0.1) is 16.0 Å². The van der Waals surface area contributed by atoms with Crippen LogP contribution in [-0.2, 0) is 9.53 Å². The van der Waals surface area contributed by atoms with Gasteiger partial charge in [0.2, 0.25) is 0 Å². The lowest BCUT2D eigenvalue weighted by Crippen LogP contribution is -2.42. The van der Waals surface area contributed by atoms with Crippen LogP contribution in [-0.4, -0.2) is 34.9 Å². The van der Waals surface area contributed by atoms with E-state index in [0.717, 1.165) is 5.69 Å². The number of urea groups is 1. The highest BCUT2D eigenvalue weighted by atomic mass is 16.6. The highest BCUT2D eigenvalue weighted by Gasteiger charge is 2.29. The summed E-state index contributed by atoms with van der Waals surface area (Å²) in [5.74, 6) is -0.635. The second-order valence-corrected chi connectivity index (χ2v) is 6.99. The summed E-state index contributed by atoms with van der Waals surface area (Å²) in [4.78, 5) is 36.9. The van der Waals surface area contributed by atoms with Crippen LogP contribution in [0.3, 0.4) is 0 Å². The van der Waals surface area contributed by atoms with Crippen LogP contribution < -0.4 is 5.32 Å². The van der Waals surface area contributed by atoms with E-state index in [-0.39, 0.29) is 23.6 Å². The zero-order chi connectivity index (χ0) is 20.8. The Balaban J connectivity index is 1.50. The van der Waals surface area contributed by atoms with Crippen molar-refractivity contribution < 1.29 is 19.2 Å². The Morgan fingerprint density at radius 3 is 2.48 bits per heavy atom. The number of ether oxygens (including phenoxy) is 1. The van der Waals surface area contributed by atoms with Crippen LogP contribution in [0.25, 0.3) is 0 Å². The zero-order valence-electron chi connectivity index (χ0n) is 16.1. The smallest absolute Gasteiger partial charge is 0.321 e. The number of carbonyl (C=O) groups is 2. The van der Waals surface area contributed by atoms with Crippen LogP contribution in [0.1, 0.15) is 31.4 Å². The van der Waals surface area contributed by atoms with Crippen molar-refractivity contribution in [1.29, 1.82) is 0 Å². The van der Waals surface area contributed by atoms with Gasteiger partial charge in [-0.25, -0.2) is 4.79 Å². The lowest BCUT2D eigenvalue weighted by atomic mass is 9.97. The molecule has 3 rings (SSSR count). The molecule has 2 aromatic rings. The second-order valence-electron chi connectivity index (χ2n) is 6.99. The molecule has 8 nitrogen and oxygen atoms in total. The molecule has 1 heterocycles. The van der Waals surface area contributed by atoms with Crippen LogP contribution >= 0.6 is 0 Å². The van der Waals surface area contributed by atoms with Crippen molar-refractivity contribution in [2.75, 3.05) is 18.4 Å². The number of non-ortho nitro benzene ring substituents is 1. The minimum absolute atomic E-state index is 0.0388. The van der Waals surface area contributed by atoms with Gasteiger partial charge in [-0.05, 0) is 37.5 Å². The Labute approximate surface area is 168 Å². The molecule has 152 valence electrons. The number of hydrogen-bond acceptors (Lipinski definition) is 5. The summed E-state index contributed by atoms with van der Waals surface area (Å²) in [5.41, 5.74) is 1.26. The summed E-state index contributed by atoms with van der Waals surface area (Å²) in [6, 6.07) is 15.1. The second kappa shape index (κ2) is 9.18. The van der Waals surface area contributed by atoms with Gasteiger partial charge in [-0.1, -0.05) is 30.3 Å². The van der Waals surface area contributed by atoms with E-state index < -0.39 is 11.0 Å². The molecule has 0 unspecified atom stereocenters. The van der Waals surface area contributed by atoms with E-state index in [1.807, 2.05) is 30.3 Å². The molecule has 8 heteroatoms. The first-order valence-electron chi connectivity index (χ1n) is 9.50. The maximum atomic E-state index is 12.5. The number of nitro groups is 1. The molecular formula is C21H23N3O5. The molecule has 1 saturated heterocycles. The Morgan fingerprint density at radius 2 is 1.83 bits per heavy atom. The molecule has 0 aromatic heterocycles. The van der Waals surface area contributed by atoms with Crippen LogP contribution in [0.5, 0.6) is 0 Å². The Morgan fingerprint density at radius 1 is 1.14 bits per heavy atom. The fraction of sp³-hybridized carbons (Fsp3) is 0.333. The van der Waals surface area contributed by atoms with Gasteiger partial charge >= 0.3 is 12.0 Å². The first kappa shape index (κ1) is 20.3. The molecule has 1 N–H and O–H groups in total. The van der Waals surface area contributed by atoms with E-state index in [0.29, 0.717) is 31.5 Å². The number of nitrogens with one attached hydrogen (secondary N) is 1. The summed E-state index contributed by atoms with van der Waals surface area (Å²) in [6.45, 7) is 2.62. The average Bonchev–Trinajstić information content (AvgIpc) is 2.74. The summed E-state index contributed by atoms with van der Waals surface area (Å²) >= 11 is 0. The normalized spacial score (nSPS) is 15.4. The summed E-state index contributed by atoms with van der Waals surface area (Å²) in [7, 11) is 0. The molecule has 2 amide bonds. The van der Waals surface area contributed by atoms with E-state index in [1.54, 1.807) is 24.0 Å². The van der Waals surface area contributed by atoms with Gasteiger partial charge in [-0.3, -0.25) is 14.9 Å². The minimum Gasteiger partial charge on any atom is -0.458 e. The fourth-order valence-electron chi connectivity index (χ4n) is 3.27. The number of likely N-dealkylation sites (tertiary alicyclic amines) is 1. The number of nitrogens with zero attached hydrogens (tertiary/aromatic N) is 2. The van der Waals surface area contributed by atoms with Crippen molar-refractivity contribution in [3.8, 4) is 0 Å². The summed E-state index contributed by atoms with van der Waals surface area (Å²) in [6.07, 6.45) is 0.451. The molecule has 0 saturated carbocycles. The van der Waals surface area contributed by atoms with Crippen molar-refractivity contribution in [2.45, 2.75) is 25.9 Å². The average molecular weight is 397 g/mol. The van der Waals surface area contributed by atoms with Crippen molar-refractivity contribution >= 4 is 23.4 Å². The van der Waals surface area contributed by atoms with Gasteiger partial charge in [0.1, 0.15) is 6.10 Å². The SMILES string of the molecule is C[C@H](OC(=O)C1CCN(C(=O)Nc2ccccc2)CC1)c1cccc([N+](=O)[O-])c1. The molecule has 0 spiro atoms. The van der Waals surface area contributed by atoms with E-state index >= 15 is 0 Å². The summed E-state index contributed by atoms with van der Waals surface area (Å²) < 4.78 is 5.52. The third-order valence-corrected chi connectivity index (χ3v) is 4.98. The number of anilines is 1. The number of piperidine rings is 1. The molecule has 1 aliphatic rings. The molecular weight excluding hydrogens is 374 g/mol. The van der Waals surface area contributed by atoms with Gasteiger partial charge in [-0.2, -0.15) is 0 Å². The summed E-state index contributed by atoms with van der Waals surface area (Å²) in [5, 5.41) is 13.7. The van der Waals surface area contributed by atoms with Crippen LogP contribution in [0.15, 0.2) is 54.6 Å². The first-order valence-corrected chi connectivity index (χ1v) is 9.50. The molecule has 29 heavy (non-hydrogen) atoms. The number of benzene rings is 2. The molecule has 0 bridgehead atoms. The third-order valence-electron chi connectivity index (χ3n) is 4.98. The van der Waals surface area contributed by atoms with Gasteiger partial charge in [0, 0.05) is 30.9 Å². The monoisotopic (exact) mass is 397 g/mol. The van der Waals surface area contributed by atoms with Gasteiger partial charge in [0.25, 0.3) is 5.69 Å². The first-order chi connectivity index (χ1) is 13.9. The van der Waals surface area contributed by atoms with Crippen molar-refractivity contribution in [1.82, 2.24) is 4.90 Å². The van der Waals surface area contributed by atoms with Crippen molar-refractivity contribution in [2.24, 2.45) is 5.92 Å². The Hall–Kier alpha value is -3.42. The molecule has 0 radical (unpaired) electrons. The molecule has 0 aliphatic carbocycles. The predicted octanol–water partition coefficient (Wildman–Crippen LogP) is 4.14. The maximum Gasteiger partial charge on any atom is 0.321 e. The quantitative estimate of drug-likeness (QED) is 0.464. The van der Waals surface area contributed by atoms with E-state index in [9.17, 15) is 19.7 Å². The van der Waals surface area contributed by atoms with Gasteiger partial charge in [0.15, 0.2) is 0 Å². The third kappa shape index (κ3) is 5.31. The minimum atomic E-state index is -0.582. The van der Waals surface area contributed by atoms with Gasteiger partial charge < -0.3 is 15.0 Å². The van der Waals surface area contributed by atoms with Crippen LogP contribution in [0.4, 0.5) is 16.2 Å². The van der Waals surface area contributed by atoms with Crippen LogP contribution in [0.2, 0.25) is 0 Å². The Kier molecular flexibility index (Phi) is 6.43. The number of amides is 2. The molecule has 1 fully saturated rings. The topological polar surface area (TPSA) is 102 Å². The number of esters is 1. The largest absolute Gasteiger partial charge is 0.458 e. The lowest BCUT2D eigenvalue weighted by Gasteiger charge is -2.31. The number of para-hydroxylation sites is 1. The van der Waals surface area contributed by atoms with E-state index in [1.165, 1.54) is 12.1 Å². The molecule has 1 aliphatic heterocycles. The number of carbonyl (C=O) groups excluding carboxylic acids is 2. The van der Waals surface area contributed by atoms with Gasteiger partial charge in [-0.15, -0.1) is 0 Å². The fourth-order valence-corrected chi connectivity index (χ4v) is 3.27. The van der Waals surface area contributed by atoms with E-state index in [2.05, 4.69) is 5.32 Å². The zero-order valence-corrected chi connectivity index (χ0v) is 16.1. The number of rotatable bonds is 5. The lowest BCUT2D eigenvalue weighted by molar-refractivity contribution is -0.385. The van der Waals surface area contributed by atoms with Gasteiger partial charge in [0.05, 0.1) is 10.8 Å². The standard InChI is InChI=1S/C21H23N3O5/c1-15(17-6-5-9-19(14-17)24(27)28)29-20(25)16-10-12-23(13-11-16)21(26)22-18-7-3-2-4-8-18/h2-9,14-16H,10-13H2,1H3,(H,22,26)/t15-/m0/s1. The van der Waals surface area contributed by atoms with Crippen molar-refractivity contribution in [3.05, 3.63) is 70.3 Å². The highest BCUT2D eigenvalue weighted by Crippen LogP contribution is 2.26. The predicted molar refractivity (Wildman–Crippen MR) is 107 cm³/mol. The van der Waals surface area contributed by atoms with Crippen molar-refractivity contribution in [3.63, 3.8) is 0 Å². The Bertz CT molecular complexity index is 879. The van der Waals surface area contributed by atoms with E-state index in [4.69, 9.17) is 4.74 Å². The molecule has 2 aromatic carbocycles. The number of hydrogen-bond donors (Lipinski definition) is 1.